The fraction of sp³-hybridized carbons (Fsp3) is 0.542. The maximum Gasteiger partial charge on any atom is 0.416 e. The van der Waals surface area contributed by atoms with Crippen molar-refractivity contribution in [1.82, 2.24) is 15.3 Å². The van der Waals surface area contributed by atoms with Crippen LogP contribution in [-0.4, -0.2) is 41.7 Å². The third-order valence-electron chi connectivity index (χ3n) is 6.02. The Morgan fingerprint density at radius 2 is 1.94 bits per heavy atom. The number of anilines is 1. The van der Waals surface area contributed by atoms with Gasteiger partial charge in [0.25, 0.3) is 0 Å². The van der Waals surface area contributed by atoms with Crippen LogP contribution in [0.3, 0.4) is 0 Å². The topological polar surface area (TPSA) is 85.4 Å². The van der Waals surface area contributed by atoms with Gasteiger partial charge in [0, 0.05) is 38.0 Å². The Kier molecular flexibility index (Phi) is 7.67. The van der Waals surface area contributed by atoms with Crippen LogP contribution in [0.1, 0.15) is 60.0 Å². The van der Waals surface area contributed by atoms with E-state index in [4.69, 9.17) is 9.47 Å². The standard InChI is InChI=1S/C24H29F3N4O3/c1-15-29-19(13-21(32)31-18-7-10-33-11-8-18)22(20-6-3-9-34-20)23(30-15)28-14-16-4-2-5-17(12-16)24(25,26)27/h2,4-5,12,18,20H,3,6-11,13-14H2,1H3,(H,31,32)(H,28,29,30). The van der Waals surface area contributed by atoms with Gasteiger partial charge in [-0.2, -0.15) is 13.2 Å². The average Bonchev–Trinajstić information content (AvgIpc) is 3.32. The van der Waals surface area contributed by atoms with Gasteiger partial charge in [0.05, 0.1) is 23.8 Å². The van der Waals surface area contributed by atoms with E-state index >= 15 is 0 Å². The van der Waals surface area contributed by atoms with Crippen LogP contribution < -0.4 is 10.6 Å². The molecule has 2 saturated heterocycles. The number of aryl methyl sites for hydroxylation is 1. The van der Waals surface area contributed by atoms with E-state index in [1.165, 1.54) is 6.07 Å². The molecule has 10 heteroatoms. The fourth-order valence-electron chi connectivity index (χ4n) is 4.37. The lowest BCUT2D eigenvalue weighted by Gasteiger charge is -2.24. The highest BCUT2D eigenvalue weighted by atomic mass is 19.4. The second-order valence-corrected chi connectivity index (χ2v) is 8.66. The number of nitrogens with zero attached hydrogens (tertiary/aromatic N) is 2. The second-order valence-electron chi connectivity index (χ2n) is 8.66. The molecule has 1 aromatic heterocycles. The number of benzene rings is 1. The summed E-state index contributed by atoms with van der Waals surface area (Å²) in [5, 5.41) is 6.23. The molecule has 0 saturated carbocycles. The zero-order valence-corrected chi connectivity index (χ0v) is 19.1. The van der Waals surface area contributed by atoms with Crippen molar-refractivity contribution >= 4 is 11.7 Å². The molecule has 2 aliphatic rings. The van der Waals surface area contributed by atoms with Crippen LogP contribution in [-0.2, 0) is 33.4 Å². The number of hydrogen-bond acceptors (Lipinski definition) is 6. The van der Waals surface area contributed by atoms with E-state index in [1.807, 2.05) is 0 Å². The molecule has 2 aliphatic heterocycles. The molecule has 0 radical (unpaired) electrons. The van der Waals surface area contributed by atoms with Gasteiger partial charge in [-0.3, -0.25) is 4.79 Å². The molecule has 4 rings (SSSR count). The quantitative estimate of drug-likeness (QED) is 0.623. The number of carbonyl (C=O) groups excluding carboxylic acids is 1. The Bertz CT molecular complexity index is 1000. The Labute approximate surface area is 196 Å². The van der Waals surface area contributed by atoms with E-state index in [9.17, 15) is 18.0 Å². The second kappa shape index (κ2) is 10.7. The van der Waals surface area contributed by atoms with Gasteiger partial charge in [-0.05, 0) is 50.3 Å². The highest BCUT2D eigenvalue weighted by molar-refractivity contribution is 5.79. The van der Waals surface area contributed by atoms with Gasteiger partial charge in [0.15, 0.2) is 0 Å². The van der Waals surface area contributed by atoms with Crippen LogP contribution >= 0.6 is 0 Å². The summed E-state index contributed by atoms with van der Waals surface area (Å²) in [6.07, 6.45) is -1.41. The van der Waals surface area contributed by atoms with Crippen LogP contribution in [0.25, 0.3) is 0 Å². The molecule has 7 nitrogen and oxygen atoms in total. The smallest absolute Gasteiger partial charge is 0.381 e. The Morgan fingerprint density at radius 3 is 2.65 bits per heavy atom. The van der Waals surface area contributed by atoms with Crippen LogP contribution in [0.2, 0.25) is 0 Å². The van der Waals surface area contributed by atoms with Crippen molar-refractivity contribution in [2.24, 2.45) is 0 Å². The zero-order valence-electron chi connectivity index (χ0n) is 19.1. The molecule has 2 aromatic rings. The maximum absolute atomic E-state index is 13.1. The van der Waals surface area contributed by atoms with Crippen molar-refractivity contribution in [2.45, 2.75) is 63.9 Å². The number of rotatable bonds is 7. The summed E-state index contributed by atoms with van der Waals surface area (Å²) in [4.78, 5) is 21.9. The molecule has 1 unspecified atom stereocenters. The lowest BCUT2D eigenvalue weighted by atomic mass is 10.0. The molecule has 1 aromatic carbocycles. The van der Waals surface area contributed by atoms with Crippen molar-refractivity contribution < 1.29 is 27.4 Å². The van der Waals surface area contributed by atoms with E-state index in [2.05, 4.69) is 20.6 Å². The number of aromatic nitrogens is 2. The van der Waals surface area contributed by atoms with Gasteiger partial charge in [0.2, 0.25) is 5.91 Å². The Hall–Kier alpha value is -2.72. The van der Waals surface area contributed by atoms with E-state index in [1.54, 1.807) is 13.0 Å². The Morgan fingerprint density at radius 1 is 1.15 bits per heavy atom. The molecule has 1 atom stereocenters. The number of amides is 1. The third kappa shape index (κ3) is 6.24. The molecule has 2 N–H and O–H groups in total. The lowest BCUT2D eigenvalue weighted by molar-refractivity contribution is -0.137. The molecule has 2 fully saturated rings. The normalized spacial score (nSPS) is 19.2. The SMILES string of the molecule is Cc1nc(CC(=O)NC2CCOCC2)c(C2CCCO2)c(NCc2cccc(C(F)(F)F)c2)n1. The number of carbonyl (C=O) groups is 1. The first-order valence-corrected chi connectivity index (χ1v) is 11.6. The van der Waals surface area contributed by atoms with Gasteiger partial charge in [-0.15, -0.1) is 0 Å². The van der Waals surface area contributed by atoms with Crippen LogP contribution in [0, 0.1) is 6.92 Å². The molecule has 3 heterocycles. The molecular weight excluding hydrogens is 449 g/mol. The van der Waals surface area contributed by atoms with Crippen molar-refractivity contribution in [3.63, 3.8) is 0 Å². The lowest BCUT2D eigenvalue weighted by Crippen LogP contribution is -2.40. The van der Waals surface area contributed by atoms with E-state index in [0.717, 1.165) is 37.8 Å². The van der Waals surface area contributed by atoms with Crippen molar-refractivity contribution in [1.29, 1.82) is 0 Å². The number of halogens is 3. The zero-order chi connectivity index (χ0) is 24.1. The van der Waals surface area contributed by atoms with Gasteiger partial charge in [0.1, 0.15) is 11.6 Å². The summed E-state index contributed by atoms with van der Waals surface area (Å²) in [6.45, 7) is 3.73. The van der Waals surface area contributed by atoms with Crippen LogP contribution in [0.15, 0.2) is 24.3 Å². The first kappa shape index (κ1) is 24.4. The minimum absolute atomic E-state index is 0.0775. The predicted octanol–water partition coefficient (Wildman–Crippen LogP) is 4.11. The van der Waals surface area contributed by atoms with Gasteiger partial charge in [-0.25, -0.2) is 9.97 Å². The highest BCUT2D eigenvalue weighted by Gasteiger charge is 2.31. The van der Waals surface area contributed by atoms with E-state index in [0.29, 0.717) is 48.3 Å². The summed E-state index contributed by atoms with van der Waals surface area (Å²) < 4.78 is 50.5. The van der Waals surface area contributed by atoms with Crippen molar-refractivity contribution in [3.05, 3.63) is 52.5 Å². The van der Waals surface area contributed by atoms with Gasteiger partial charge >= 0.3 is 6.18 Å². The molecule has 1 amide bonds. The highest BCUT2D eigenvalue weighted by Crippen LogP contribution is 2.35. The number of hydrogen-bond donors (Lipinski definition) is 2. The summed E-state index contributed by atoms with van der Waals surface area (Å²) in [6, 6.07) is 5.26. The Balaban J connectivity index is 1.55. The number of ether oxygens (including phenoxy) is 2. The molecule has 34 heavy (non-hydrogen) atoms. The predicted molar refractivity (Wildman–Crippen MR) is 119 cm³/mol. The number of nitrogens with one attached hydrogen (secondary N) is 2. The molecule has 0 bridgehead atoms. The number of alkyl halides is 3. The summed E-state index contributed by atoms with van der Waals surface area (Å²) >= 11 is 0. The summed E-state index contributed by atoms with van der Waals surface area (Å²) in [5.41, 5.74) is 1.06. The van der Waals surface area contributed by atoms with Gasteiger partial charge < -0.3 is 20.1 Å². The third-order valence-corrected chi connectivity index (χ3v) is 6.02. The minimum atomic E-state index is -4.41. The van der Waals surface area contributed by atoms with Crippen molar-refractivity contribution in [2.75, 3.05) is 25.1 Å². The van der Waals surface area contributed by atoms with Crippen LogP contribution in [0.4, 0.5) is 19.0 Å². The average molecular weight is 479 g/mol. The maximum atomic E-state index is 13.1. The molecular formula is C24H29F3N4O3. The van der Waals surface area contributed by atoms with Crippen LogP contribution in [0.5, 0.6) is 0 Å². The largest absolute Gasteiger partial charge is 0.416 e. The molecule has 184 valence electrons. The summed E-state index contributed by atoms with van der Waals surface area (Å²) in [5.74, 6) is 0.834. The van der Waals surface area contributed by atoms with E-state index in [-0.39, 0.29) is 31.0 Å². The molecule has 0 aliphatic carbocycles. The first-order valence-electron chi connectivity index (χ1n) is 11.6. The first-order chi connectivity index (χ1) is 16.3. The minimum Gasteiger partial charge on any atom is -0.381 e. The van der Waals surface area contributed by atoms with Crippen molar-refractivity contribution in [3.8, 4) is 0 Å². The van der Waals surface area contributed by atoms with E-state index < -0.39 is 11.7 Å². The molecule has 0 spiro atoms. The monoisotopic (exact) mass is 478 g/mol. The summed E-state index contributed by atoms with van der Waals surface area (Å²) in [7, 11) is 0. The van der Waals surface area contributed by atoms with Gasteiger partial charge in [-0.1, -0.05) is 12.1 Å². The fourth-order valence-corrected chi connectivity index (χ4v) is 4.37.